The average molecular weight is 473 g/mol. The van der Waals surface area contributed by atoms with Crippen LogP contribution < -0.4 is 10.1 Å². The second kappa shape index (κ2) is 9.29. The normalized spacial score (nSPS) is 22.7. The number of hydrogen-bond donors (Lipinski definition) is 2. The van der Waals surface area contributed by atoms with Gasteiger partial charge in [-0.1, -0.05) is 0 Å². The number of hydrogen-bond acceptors (Lipinski definition) is 4. The van der Waals surface area contributed by atoms with E-state index in [1.807, 2.05) is 18.2 Å². The van der Waals surface area contributed by atoms with Crippen molar-refractivity contribution in [3.8, 4) is 5.75 Å². The zero-order chi connectivity index (χ0) is 23.7. The highest BCUT2D eigenvalue weighted by Gasteiger charge is 2.43. The van der Waals surface area contributed by atoms with E-state index in [4.69, 9.17) is 4.74 Å². The van der Waals surface area contributed by atoms with Gasteiger partial charge in [-0.05, 0) is 67.3 Å². The molecule has 2 aromatic heterocycles. The maximum atomic E-state index is 12.6. The number of pyridine rings is 1. The van der Waals surface area contributed by atoms with E-state index in [2.05, 4.69) is 15.3 Å². The number of rotatable bonds is 7. The molecule has 1 aliphatic carbocycles. The molecular formula is C25H27F3N4O2. The number of H-pyrrole nitrogens is 1. The Kier molecular flexibility index (Phi) is 6.20. The van der Waals surface area contributed by atoms with Gasteiger partial charge in [-0.15, -0.1) is 0 Å². The lowest BCUT2D eigenvalue weighted by Crippen LogP contribution is -2.33. The Hall–Kier alpha value is -3.07. The molecule has 1 saturated carbocycles. The SMILES string of the molecule is O=C(Nc1c[nH]c2ccc(OCC[C@@H]3C[C@@H]4CN(CC(F)(F)F)C[C@@H]4C3)cc12)c1cccnc1. The summed E-state index contributed by atoms with van der Waals surface area (Å²) in [5, 5.41) is 3.77. The highest BCUT2D eigenvalue weighted by atomic mass is 19.4. The molecule has 0 bridgehead atoms. The number of alkyl halides is 3. The zero-order valence-electron chi connectivity index (χ0n) is 18.6. The molecule has 1 aliphatic heterocycles. The van der Waals surface area contributed by atoms with Crippen molar-refractivity contribution in [3.05, 3.63) is 54.5 Å². The second-order valence-electron chi connectivity index (χ2n) is 9.41. The minimum atomic E-state index is -4.12. The predicted molar refractivity (Wildman–Crippen MR) is 123 cm³/mol. The highest BCUT2D eigenvalue weighted by molar-refractivity contribution is 6.09. The number of nitrogens with zero attached hydrogens (tertiary/aromatic N) is 2. The number of carbonyl (C=O) groups is 1. The summed E-state index contributed by atoms with van der Waals surface area (Å²) in [5.41, 5.74) is 2.04. The van der Waals surface area contributed by atoms with Crippen molar-refractivity contribution in [3.63, 3.8) is 0 Å². The maximum Gasteiger partial charge on any atom is 0.401 e. The van der Waals surface area contributed by atoms with Crippen LogP contribution in [0.2, 0.25) is 0 Å². The van der Waals surface area contributed by atoms with Crippen LogP contribution in [0, 0.1) is 17.8 Å². The molecule has 2 aliphatic rings. The lowest BCUT2D eigenvalue weighted by molar-refractivity contribution is -0.144. The van der Waals surface area contributed by atoms with Crippen molar-refractivity contribution in [2.24, 2.45) is 17.8 Å². The predicted octanol–water partition coefficient (Wildman–Crippen LogP) is 5.10. The van der Waals surface area contributed by atoms with Gasteiger partial charge in [-0.3, -0.25) is 14.7 Å². The van der Waals surface area contributed by atoms with Gasteiger partial charge in [0.1, 0.15) is 5.75 Å². The third kappa shape index (κ3) is 5.19. The number of amides is 1. The van der Waals surface area contributed by atoms with Gasteiger partial charge in [0, 0.05) is 42.6 Å². The molecule has 1 aromatic carbocycles. The van der Waals surface area contributed by atoms with Crippen LogP contribution in [0.5, 0.6) is 5.75 Å². The van der Waals surface area contributed by atoms with Crippen LogP contribution in [-0.4, -0.2) is 53.2 Å². The van der Waals surface area contributed by atoms with Crippen LogP contribution >= 0.6 is 0 Å². The Labute approximate surface area is 195 Å². The van der Waals surface area contributed by atoms with Crippen LogP contribution in [0.1, 0.15) is 29.6 Å². The maximum absolute atomic E-state index is 12.6. The molecule has 0 spiro atoms. The topological polar surface area (TPSA) is 70.2 Å². The number of ether oxygens (including phenoxy) is 1. The Morgan fingerprint density at radius 2 is 2.00 bits per heavy atom. The summed E-state index contributed by atoms with van der Waals surface area (Å²) < 4.78 is 43.9. The number of anilines is 1. The first kappa shape index (κ1) is 22.7. The molecule has 0 unspecified atom stereocenters. The molecule has 0 radical (unpaired) electrons. The summed E-state index contributed by atoms with van der Waals surface area (Å²) in [6.45, 7) is 0.877. The Bertz CT molecular complexity index is 1130. The molecule has 5 rings (SSSR count). The van der Waals surface area contributed by atoms with E-state index in [9.17, 15) is 18.0 Å². The summed E-state index contributed by atoms with van der Waals surface area (Å²) >= 11 is 0. The number of aromatic amines is 1. The summed E-state index contributed by atoms with van der Waals surface area (Å²) in [6, 6.07) is 9.13. The number of aromatic nitrogens is 2. The Morgan fingerprint density at radius 1 is 1.21 bits per heavy atom. The smallest absolute Gasteiger partial charge is 0.401 e. The van der Waals surface area contributed by atoms with Gasteiger partial charge in [0.2, 0.25) is 0 Å². The molecule has 2 N–H and O–H groups in total. The van der Waals surface area contributed by atoms with Crippen LogP contribution in [0.25, 0.3) is 10.9 Å². The zero-order valence-corrected chi connectivity index (χ0v) is 18.6. The largest absolute Gasteiger partial charge is 0.494 e. The van der Waals surface area contributed by atoms with E-state index in [1.54, 1.807) is 29.4 Å². The van der Waals surface area contributed by atoms with Gasteiger partial charge in [0.05, 0.1) is 24.4 Å². The molecule has 180 valence electrons. The third-order valence-electron chi connectivity index (χ3n) is 6.95. The van der Waals surface area contributed by atoms with Crippen LogP contribution in [0.3, 0.4) is 0 Å². The minimum absolute atomic E-state index is 0.235. The summed E-state index contributed by atoms with van der Waals surface area (Å²) in [7, 11) is 0. The van der Waals surface area contributed by atoms with E-state index >= 15 is 0 Å². The number of nitrogens with one attached hydrogen (secondary N) is 2. The van der Waals surface area contributed by atoms with Crippen molar-refractivity contribution in [2.45, 2.75) is 25.4 Å². The van der Waals surface area contributed by atoms with E-state index in [-0.39, 0.29) is 5.91 Å². The Balaban J connectivity index is 1.13. The van der Waals surface area contributed by atoms with Crippen molar-refractivity contribution in [2.75, 3.05) is 31.6 Å². The lowest BCUT2D eigenvalue weighted by Gasteiger charge is -2.20. The fourth-order valence-electron chi connectivity index (χ4n) is 5.47. The van der Waals surface area contributed by atoms with Gasteiger partial charge >= 0.3 is 6.18 Å². The molecule has 34 heavy (non-hydrogen) atoms. The second-order valence-corrected chi connectivity index (χ2v) is 9.41. The fourth-order valence-corrected chi connectivity index (χ4v) is 5.47. The van der Waals surface area contributed by atoms with Gasteiger partial charge in [-0.2, -0.15) is 13.2 Å². The van der Waals surface area contributed by atoms with Crippen molar-refractivity contribution >= 4 is 22.5 Å². The van der Waals surface area contributed by atoms with Crippen molar-refractivity contribution in [1.29, 1.82) is 0 Å². The molecule has 1 amide bonds. The standard InChI is InChI=1S/C25H27F3N4O2/c26-25(27,28)15-32-13-18-8-16(9-19(18)14-32)5-7-34-20-3-4-22-21(10-20)23(12-30-22)31-24(33)17-2-1-6-29-11-17/h1-4,6,10-12,16,18-19,30H,5,7-9,13-15H2,(H,31,33)/t16-,18-,19+. The van der Waals surface area contributed by atoms with Crippen molar-refractivity contribution in [1.82, 2.24) is 14.9 Å². The number of benzene rings is 1. The molecule has 6 nitrogen and oxygen atoms in total. The van der Waals surface area contributed by atoms with Gasteiger partial charge in [0.25, 0.3) is 5.91 Å². The number of carbonyl (C=O) groups excluding carboxylic acids is 1. The molecule has 2 fully saturated rings. The highest BCUT2D eigenvalue weighted by Crippen LogP contribution is 2.43. The van der Waals surface area contributed by atoms with Crippen molar-refractivity contribution < 1.29 is 22.7 Å². The summed E-state index contributed by atoms with van der Waals surface area (Å²) in [4.78, 5) is 21.2. The number of halogens is 3. The first-order valence-corrected chi connectivity index (χ1v) is 11.6. The van der Waals surface area contributed by atoms with E-state index in [0.717, 1.165) is 35.9 Å². The fraction of sp³-hybridized carbons (Fsp3) is 0.440. The molecule has 3 aromatic rings. The van der Waals surface area contributed by atoms with E-state index < -0.39 is 12.7 Å². The van der Waals surface area contributed by atoms with Gasteiger partial charge in [-0.25, -0.2) is 0 Å². The van der Waals surface area contributed by atoms with E-state index in [0.29, 0.717) is 48.7 Å². The molecule has 3 heterocycles. The molecule has 3 atom stereocenters. The first-order valence-electron chi connectivity index (χ1n) is 11.6. The monoisotopic (exact) mass is 472 g/mol. The van der Waals surface area contributed by atoms with Crippen LogP contribution in [0.15, 0.2) is 48.9 Å². The third-order valence-corrected chi connectivity index (χ3v) is 6.95. The quantitative estimate of drug-likeness (QED) is 0.502. The number of fused-ring (bicyclic) bond motifs is 2. The van der Waals surface area contributed by atoms with Crippen LogP contribution in [-0.2, 0) is 0 Å². The van der Waals surface area contributed by atoms with Gasteiger partial charge < -0.3 is 15.0 Å². The Morgan fingerprint density at radius 3 is 2.71 bits per heavy atom. The molecular weight excluding hydrogens is 445 g/mol. The van der Waals surface area contributed by atoms with Crippen LogP contribution in [0.4, 0.5) is 18.9 Å². The first-order chi connectivity index (χ1) is 16.3. The minimum Gasteiger partial charge on any atom is -0.494 e. The molecule has 9 heteroatoms. The average Bonchev–Trinajstić information content (AvgIpc) is 3.46. The van der Waals surface area contributed by atoms with E-state index in [1.165, 1.54) is 6.20 Å². The summed E-state index contributed by atoms with van der Waals surface area (Å²) in [5.74, 6) is 1.72. The van der Waals surface area contributed by atoms with Gasteiger partial charge in [0.15, 0.2) is 0 Å². The summed E-state index contributed by atoms with van der Waals surface area (Å²) in [6.07, 6.45) is 3.61. The lowest BCUT2D eigenvalue weighted by atomic mass is 10.0. The number of likely N-dealkylation sites (tertiary alicyclic amines) is 1. The molecule has 1 saturated heterocycles.